The Morgan fingerprint density at radius 2 is 2.17 bits per heavy atom. The van der Waals surface area contributed by atoms with Crippen LogP contribution in [0.2, 0.25) is 5.02 Å². The molecule has 0 aliphatic rings. The number of thiophene rings is 1. The van der Waals surface area contributed by atoms with Crippen molar-refractivity contribution in [2.24, 2.45) is 0 Å². The van der Waals surface area contributed by atoms with Gasteiger partial charge in [0.05, 0.1) is 17.0 Å². The SMILES string of the molecule is COc1cc2sc(C(=N)NO)cc2c(Cl)c1O.Cl. The number of halogens is 2. The molecule has 0 bridgehead atoms. The molecule has 2 aromatic rings. The van der Waals surface area contributed by atoms with Gasteiger partial charge >= 0.3 is 0 Å². The van der Waals surface area contributed by atoms with Crippen LogP contribution in [-0.4, -0.2) is 23.3 Å². The van der Waals surface area contributed by atoms with Crippen molar-refractivity contribution < 1.29 is 15.1 Å². The maximum atomic E-state index is 9.73. The lowest BCUT2D eigenvalue weighted by Gasteiger charge is -2.05. The second-order valence-electron chi connectivity index (χ2n) is 3.25. The van der Waals surface area contributed by atoms with Gasteiger partial charge in [-0.3, -0.25) is 16.1 Å². The van der Waals surface area contributed by atoms with Crippen molar-refractivity contribution in [1.82, 2.24) is 5.48 Å². The average molecular weight is 309 g/mol. The van der Waals surface area contributed by atoms with Gasteiger partial charge in [-0.1, -0.05) is 11.6 Å². The number of fused-ring (bicyclic) bond motifs is 1. The summed E-state index contributed by atoms with van der Waals surface area (Å²) in [7, 11) is 1.43. The fraction of sp³-hybridized carbons (Fsp3) is 0.100. The molecular weight excluding hydrogens is 299 g/mol. The molecule has 0 aliphatic heterocycles. The molecule has 0 saturated heterocycles. The molecule has 2 rings (SSSR count). The molecule has 98 valence electrons. The van der Waals surface area contributed by atoms with E-state index >= 15 is 0 Å². The van der Waals surface area contributed by atoms with Crippen LogP contribution in [0, 0.1) is 5.41 Å². The normalized spacial score (nSPS) is 9.94. The Hall–Kier alpha value is -1.21. The predicted octanol–water partition coefficient (Wildman–Crippen LogP) is 2.99. The van der Waals surface area contributed by atoms with Gasteiger partial charge < -0.3 is 9.84 Å². The summed E-state index contributed by atoms with van der Waals surface area (Å²) in [6, 6.07) is 3.25. The molecule has 0 amide bonds. The summed E-state index contributed by atoms with van der Waals surface area (Å²) in [6.07, 6.45) is 0. The smallest absolute Gasteiger partial charge is 0.177 e. The third-order valence-electron chi connectivity index (χ3n) is 2.28. The molecule has 0 unspecified atom stereocenters. The van der Waals surface area contributed by atoms with Crippen molar-refractivity contribution in [3.05, 3.63) is 22.0 Å². The Bertz CT molecular complexity index is 600. The molecule has 0 spiro atoms. The fourth-order valence-corrected chi connectivity index (χ4v) is 2.74. The van der Waals surface area contributed by atoms with Crippen LogP contribution in [0.15, 0.2) is 12.1 Å². The van der Waals surface area contributed by atoms with Crippen molar-refractivity contribution in [2.75, 3.05) is 7.11 Å². The van der Waals surface area contributed by atoms with Crippen molar-refractivity contribution in [2.45, 2.75) is 0 Å². The second kappa shape index (κ2) is 5.62. The van der Waals surface area contributed by atoms with Crippen LogP contribution in [0.3, 0.4) is 0 Å². The van der Waals surface area contributed by atoms with Gasteiger partial charge in [0.15, 0.2) is 17.3 Å². The van der Waals surface area contributed by atoms with E-state index < -0.39 is 0 Å². The number of hydrogen-bond donors (Lipinski definition) is 4. The molecular formula is C10H10Cl2N2O3S. The first-order valence-electron chi connectivity index (χ1n) is 4.56. The summed E-state index contributed by atoms with van der Waals surface area (Å²) in [5.41, 5.74) is 1.76. The summed E-state index contributed by atoms with van der Waals surface area (Å²) in [4.78, 5) is 0.511. The van der Waals surface area contributed by atoms with Crippen molar-refractivity contribution in [1.29, 1.82) is 5.41 Å². The molecule has 8 heteroatoms. The number of nitrogens with one attached hydrogen (secondary N) is 2. The van der Waals surface area contributed by atoms with E-state index in [0.717, 1.165) is 4.70 Å². The van der Waals surface area contributed by atoms with Gasteiger partial charge in [0.25, 0.3) is 0 Å². The van der Waals surface area contributed by atoms with Crippen molar-refractivity contribution >= 4 is 51.3 Å². The number of ether oxygens (including phenoxy) is 1. The number of rotatable bonds is 2. The largest absolute Gasteiger partial charge is 0.503 e. The molecule has 0 saturated carbocycles. The zero-order valence-corrected chi connectivity index (χ0v) is 11.5. The Labute approximate surface area is 118 Å². The summed E-state index contributed by atoms with van der Waals surface area (Å²) >= 11 is 7.25. The monoisotopic (exact) mass is 308 g/mol. The van der Waals surface area contributed by atoms with E-state index in [1.54, 1.807) is 17.6 Å². The predicted molar refractivity (Wildman–Crippen MR) is 74.1 cm³/mol. The van der Waals surface area contributed by atoms with Gasteiger partial charge in [-0.15, -0.1) is 23.7 Å². The lowest BCUT2D eigenvalue weighted by atomic mass is 10.2. The van der Waals surface area contributed by atoms with E-state index in [1.807, 2.05) is 0 Å². The first-order valence-corrected chi connectivity index (χ1v) is 5.76. The van der Waals surface area contributed by atoms with Gasteiger partial charge in [0.2, 0.25) is 0 Å². The van der Waals surface area contributed by atoms with Crippen molar-refractivity contribution in [3.63, 3.8) is 0 Å². The highest BCUT2D eigenvalue weighted by Crippen LogP contribution is 2.43. The number of benzene rings is 1. The van der Waals surface area contributed by atoms with Gasteiger partial charge in [0, 0.05) is 16.2 Å². The van der Waals surface area contributed by atoms with Gasteiger partial charge in [-0.05, 0) is 6.07 Å². The molecule has 5 nitrogen and oxygen atoms in total. The molecule has 0 atom stereocenters. The second-order valence-corrected chi connectivity index (χ2v) is 4.71. The minimum absolute atomic E-state index is 0. The minimum Gasteiger partial charge on any atom is -0.503 e. The fourth-order valence-electron chi connectivity index (χ4n) is 1.44. The number of hydrogen-bond acceptors (Lipinski definition) is 5. The van der Waals surface area contributed by atoms with Crippen LogP contribution >= 0.6 is 35.3 Å². The highest BCUT2D eigenvalue weighted by Gasteiger charge is 2.15. The molecule has 0 fully saturated rings. The lowest BCUT2D eigenvalue weighted by molar-refractivity contribution is 0.234. The summed E-state index contributed by atoms with van der Waals surface area (Å²) in [5, 5.41) is 26.6. The number of phenolic OH excluding ortho intramolecular Hbond substituents is 1. The van der Waals surface area contributed by atoms with E-state index in [0.29, 0.717) is 10.3 Å². The van der Waals surface area contributed by atoms with Gasteiger partial charge in [-0.25, -0.2) is 0 Å². The molecule has 0 aliphatic carbocycles. The summed E-state index contributed by atoms with van der Waals surface area (Å²) in [5.74, 6) is 0.0228. The Kier molecular flexibility index (Phi) is 4.64. The number of methoxy groups -OCH3 is 1. The standard InChI is InChI=1S/C10H9ClN2O3S.ClH/c1-16-5-3-6-4(8(11)9(5)14)2-7(17-6)10(12)13-15;/h2-3,14-15H,1H3,(H2,12,13);1H. The van der Waals surface area contributed by atoms with E-state index in [1.165, 1.54) is 18.4 Å². The van der Waals surface area contributed by atoms with Crippen LogP contribution in [0.1, 0.15) is 4.88 Å². The molecule has 4 N–H and O–H groups in total. The minimum atomic E-state index is -0.130. The van der Waals surface area contributed by atoms with Crippen LogP contribution in [0.25, 0.3) is 10.1 Å². The van der Waals surface area contributed by atoms with E-state index in [4.69, 9.17) is 27.0 Å². The topological polar surface area (TPSA) is 85.6 Å². The van der Waals surface area contributed by atoms with E-state index in [9.17, 15) is 5.11 Å². The van der Waals surface area contributed by atoms with Gasteiger partial charge in [-0.2, -0.15) is 0 Å². The third kappa shape index (κ3) is 2.32. The van der Waals surface area contributed by atoms with Crippen molar-refractivity contribution in [3.8, 4) is 11.5 Å². The van der Waals surface area contributed by atoms with Gasteiger partial charge in [0.1, 0.15) is 0 Å². The average Bonchev–Trinajstić information content (AvgIpc) is 2.76. The molecule has 1 aromatic carbocycles. The molecule has 1 heterocycles. The third-order valence-corrected chi connectivity index (χ3v) is 3.76. The Morgan fingerprint density at radius 1 is 1.50 bits per heavy atom. The van der Waals surface area contributed by atoms with Crippen LogP contribution < -0.4 is 10.2 Å². The molecule has 18 heavy (non-hydrogen) atoms. The highest BCUT2D eigenvalue weighted by molar-refractivity contribution is 7.21. The summed E-state index contributed by atoms with van der Waals surface area (Å²) < 4.78 is 5.75. The van der Waals surface area contributed by atoms with Crippen LogP contribution in [0.4, 0.5) is 0 Å². The maximum absolute atomic E-state index is 9.73. The maximum Gasteiger partial charge on any atom is 0.177 e. The number of phenols is 1. The Balaban J connectivity index is 0.00000162. The molecule has 0 radical (unpaired) electrons. The van der Waals surface area contributed by atoms with Crippen LogP contribution in [0.5, 0.6) is 11.5 Å². The quantitative estimate of drug-likeness (QED) is 0.390. The number of hydroxylamine groups is 1. The first kappa shape index (κ1) is 14.8. The van der Waals surface area contributed by atoms with E-state index in [-0.39, 0.29) is 34.8 Å². The first-order chi connectivity index (χ1) is 8.08. The lowest BCUT2D eigenvalue weighted by Crippen LogP contribution is -2.16. The zero-order chi connectivity index (χ0) is 12.6. The Morgan fingerprint density at radius 3 is 2.72 bits per heavy atom. The molecule has 1 aromatic heterocycles. The highest BCUT2D eigenvalue weighted by atomic mass is 35.5. The summed E-state index contributed by atoms with van der Waals surface area (Å²) in [6.45, 7) is 0. The van der Waals surface area contributed by atoms with E-state index in [2.05, 4.69) is 0 Å². The zero-order valence-electron chi connectivity index (χ0n) is 9.15. The van der Waals surface area contributed by atoms with Crippen LogP contribution in [-0.2, 0) is 0 Å². The number of amidine groups is 1. The number of aromatic hydroxyl groups is 1.